The van der Waals surface area contributed by atoms with Gasteiger partial charge in [-0.1, -0.05) is 62.4 Å². The summed E-state index contributed by atoms with van der Waals surface area (Å²) in [7, 11) is -9.32. The van der Waals surface area contributed by atoms with Crippen molar-refractivity contribution in [1.29, 1.82) is 0 Å². The zero-order chi connectivity index (χ0) is 21.7. The van der Waals surface area contributed by atoms with Gasteiger partial charge in [-0.05, 0) is 17.7 Å². The van der Waals surface area contributed by atoms with Crippen LogP contribution in [0.5, 0.6) is 0 Å². The Balaban J connectivity index is 2.59. The van der Waals surface area contributed by atoms with E-state index in [0.717, 1.165) is 11.0 Å². The van der Waals surface area contributed by atoms with E-state index < -0.39 is 37.0 Å². The summed E-state index contributed by atoms with van der Waals surface area (Å²) in [5, 5.41) is 0.874. The van der Waals surface area contributed by atoms with Crippen molar-refractivity contribution >= 4 is 19.8 Å². The zero-order valence-corrected chi connectivity index (χ0v) is 17.3. The van der Waals surface area contributed by atoms with Gasteiger partial charge in [-0.15, -0.1) is 0 Å². The highest BCUT2D eigenvalue weighted by atomic mass is 32.2. The van der Waals surface area contributed by atoms with Crippen molar-refractivity contribution < 1.29 is 30.0 Å². The molecule has 0 N–H and O–H groups in total. The van der Waals surface area contributed by atoms with Gasteiger partial charge in [-0.2, -0.15) is 21.6 Å². The van der Waals surface area contributed by atoms with Gasteiger partial charge in [0.05, 0.1) is 16.8 Å². The highest BCUT2D eigenvalue weighted by Crippen LogP contribution is 2.30. The van der Waals surface area contributed by atoms with Gasteiger partial charge >= 0.3 is 15.6 Å². The Labute approximate surface area is 168 Å². The summed E-state index contributed by atoms with van der Waals surface area (Å²) >= 11 is 0. The number of hydrogen-bond donors (Lipinski definition) is 0. The van der Waals surface area contributed by atoms with Crippen molar-refractivity contribution in [1.82, 2.24) is 0 Å². The highest BCUT2D eigenvalue weighted by Gasteiger charge is 2.49. The van der Waals surface area contributed by atoms with Crippen molar-refractivity contribution in [3.8, 4) is 0 Å². The molecule has 0 radical (unpaired) electrons. The molecule has 0 aliphatic rings. The van der Waals surface area contributed by atoms with Gasteiger partial charge < -0.3 is 4.18 Å². The minimum atomic E-state index is -5.90. The molecule has 0 aliphatic heterocycles. The van der Waals surface area contributed by atoms with E-state index in [-0.39, 0.29) is 11.4 Å². The Morgan fingerprint density at radius 2 is 1.52 bits per heavy atom. The molecule has 2 rings (SSSR count). The van der Waals surface area contributed by atoms with Crippen molar-refractivity contribution in [2.75, 3.05) is 0 Å². The first-order chi connectivity index (χ1) is 13.4. The van der Waals surface area contributed by atoms with E-state index in [1.165, 1.54) is 26.0 Å². The number of nitrogens with zero attached hydrogens (tertiary/aromatic N) is 1. The smallest absolute Gasteiger partial charge is 0.380 e. The molecule has 0 aromatic heterocycles. The van der Waals surface area contributed by atoms with Crippen LogP contribution in [0, 0.1) is 5.92 Å². The topological polar surface area (TPSA) is 72.8 Å². The molecule has 0 aliphatic carbocycles. The third kappa shape index (κ3) is 6.07. The molecule has 29 heavy (non-hydrogen) atoms. The van der Waals surface area contributed by atoms with Gasteiger partial charge in [-0.3, -0.25) is 0 Å². The minimum Gasteiger partial charge on any atom is -0.380 e. The van der Waals surface area contributed by atoms with E-state index in [0.29, 0.717) is 0 Å². The van der Waals surface area contributed by atoms with Crippen molar-refractivity contribution in [3.63, 3.8) is 0 Å². The largest absolute Gasteiger partial charge is 0.534 e. The molecule has 0 fully saturated rings. The third-order valence-electron chi connectivity index (χ3n) is 3.70. The molecule has 0 bridgehead atoms. The van der Waals surface area contributed by atoms with Crippen molar-refractivity contribution in [2.24, 2.45) is 10.3 Å². The molecule has 1 unspecified atom stereocenters. The second kappa shape index (κ2) is 9.00. The summed E-state index contributed by atoms with van der Waals surface area (Å²) in [4.78, 5) is 0.224. The van der Waals surface area contributed by atoms with Gasteiger partial charge in [-0.25, -0.2) is 8.57 Å². The lowest BCUT2D eigenvalue weighted by Crippen LogP contribution is -2.26. The SMILES string of the molecule is CC(C)/C(=C/S(=O)(=NCc1ccccc1)c1ccccc1)OS(=O)(=O)C(F)(F)F. The number of benzene rings is 2. The average molecular weight is 448 g/mol. The minimum absolute atomic E-state index is 0.0163. The number of allylic oxidation sites excluding steroid dienone is 1. The first-order valence-electron chi connectivity index (χ1n) is 8.49. The molecule has 5 nitrogen and oxygen atoms in total. The Bertz CT molecular complexity index is 1070. The molecule has 0 heterocycles. The van der Waals surface area contributed by atoms with E-state index in [9.17, 15) is 25.8 Å². The van der Waals surface area contributed by atoms with E-state index >= 15 is 0 Å². The quantitative estimate of drug-likeness (QED) is 0.337. The lowest BCUT2D eigenvalue weighted by molar-refractivity contribution is -0.0525. The first-order valence-corrected chi connectivity index (χ1v) is 11.5. The molecule has 0 spiro atoms. The highest BCUT2D eigenvalue weighted by molar-refractivity contribution is 7.96. The van der Waals surface area contributed by atoms with Crippen LogP contribution in [-0.4, -0.2) is 18.1 Å². The first kappa shape index (κ1) is 23.0. The lowest BCUT2D eigenvalue weighted by atomic mass is 10.2. The summed E-state index contributed by atoms with van der Waals surface area (Å²) in [5.41, 5.74) is -4.87. The van der Waals surface area contributed by atoms with E-state index in [2.05, 4.69) is 8.55 Å². The molecule has 10 heteroatoms. The van der Waals surface area contributed by atoms with Crippen LogP contribution in [0.4, 0.5) is 13.2 Å². The van der Waals surface area contributed by atoms with Crippen LogP contribution >= 0.6 is 0 Å². The molecule has 2 aromatic rings. The third-order valence-corrected chi connectivity index (χ3v) is 6.69. The Morgan fingerprint density at radius 1 is 1.00 bits per heavy atom. The summed E-state index contributed by atoms with van der Waals surface area (Å²) in [6.07, 6.45) is 0. The van der Waals surface area contributed by atoms with Crippen LogP contribution in [-0.2, 0) is 30.6 Å². The van der Waals surface area contributed by atoms with Gasteiger partial charge in [0.2, 0.25) is 0 Å². The maximum atomic E-state index is 13.6. The second-order valence-electron chi connectivity index (χ2n) is 6.31. The Morgan fingerprint density at radius 3 is 2.00 bits per heavy atom. The molecule has 0 saturated carbocycles. The van der Waals surface area contributed by atoms with Crippen molar-refractivity contribution in [3.05, 3.63) is 77.4 Å². The summed E-state index contributed by atoms with van der Waals surface area (Å²) in [5.74, 6) is -1.38. The van der Waals surface area contributed by atoms with Crippen LogP contribution in [0.1, 0.15) is 19.4 Å². The predicted molar refractivity (Wildman–Crippen MR) is 104 cm³/mol. The fourth-order valence-electron chi connectivity index (χ4n) is 2.13. The van der Waals surface area contributed by atoms with Gasteiger partial charge in [0.1, 0.15) is 15.5 Å². The predicted octanol–water partition coefficient (Wildman–Crippen LogP) is 5.08. The normalized spacial score (nSPS) is 15.0. The molecular weight excluding hydrogens is 427 g/mol. The van der Waals surface area contributed by atoms with Gasteiger partial charge in [0.15, 0.2) is 0 Å². The second-order valence-corrected chi connectivity index (χ2v) is 9.95. The zero-order valence-electron chi connectivity index (χ0n) is 15.7. The number of alkyl halides is 3. The van der Waals surface area contributed by atoms with Gasteiger partial charge in [0, 0.05) is 5.92 Å². The van der Waals surface area contributed by atoms with E-state index in [4.69, 9.17) is 0 Å². The molecule has 158 valence electrons. The van der Waals surface area contributed by atoms with Crippen LogP contribution in [0.25, 0.3) is 0 Å². The monoisotopic (exact) mass is 447 g/mol. The number of rotatable bonds is 7. The average Bonchev–Trinajstić information content (AvgIpc) is 2.66. The summed E-state index contributed by atoms with van der Waals surface area (Å²) in [6.45, 7) is 2.88. The molecule has 2 aromatic carbocycles. The van der Waals surface area contributed by atoms with Crippen LogP contribution in [0.2, 0.25) is 0 Å². The maximum Gasteiger partial charge on any atom is 0.534 e. The number of halogens is 3. The van der Waals surface area contributed by atoms with Crippen LogP contribution in [0.3, 0.4) is 0 Å². The Kier molecular flexibility index (Phi) is 7.12. The van der Waals surface area contributed by atoms with Crippen molar-refractivity contribution in [2.45, 2.75) is 30.8 Å². The molecule has 0 saturated heterocycles. The van der Waals surface area contributed by atoms with Crippen LogP contribution < -0.4 is 0 Å². The fraction of sp³-hybridized carbons (Fsp3) is 0.263. The summed E-state index contributed by atoms with van der Waals surface area (Å²) < 4.78 is 83.3. The van der Waals surface area contributed by atoms with Crippen LogP contribution in [0.15, 0.2) is 81.1 Å². The maximum absolute atomic E-state index is 13.6. The number of hydrogen-bond acceptors (Lipinski definition) is 5. The van der Waals surface area contributed by atoms with E-state index in [1.807, 2.05) is 0 Å². The Hall–Kier alpha value is -2.33. The molecular formula is C19H20F3NO4S2. The molecule has 1 atom stereocenters. The standard InChI is InChI=1S/C19H20F3NO4S2/c1-15(2)18(27-29(25,26)19(20,21)22)14-28(24,17-11-7-4-8-12-17)23-13-16-9-5-3-6-10-16/h3-12,14-15H,13H2,1-2H3/b18-14-. The van der Waals surface area contributed by atoms with Gasteiger partial charge in [0.25, 0.3) is 0 Å². The van der Waals surface area contributed by atoms with E-state index in [1.54, 1.807) is 48.5 Å². The lowest BCUT2D eigenvalue weighted by Gasteiger charge is -2.16. The molecule has 0 amide bonds. The fourth-order valence-corrected chi connectivity index (χ4v) is 4.66. The summed E-state index contributed by atoms with van der Waals surface area (Å²) in [6, 6.07) is 16.7.